The molecule has 2 atom stereocenters. The van der Waals surface area contributed by atoms with E-state index in [1.54, 1.807) is 22.3 Å². The van der Waals surface area contributed by atoms with Gasteiger partial charge in [-0.05, 0) is 0 Å². The third-order valence-electron chi connectivity index (χ3n) is 10.5. The maximum atomic E-state index is 2.60. The Morgan fingerprint density at radius 1 is 0.488 bits per heavy atom. The number of benzene rings is 4. The second-order valence-corrected chi connectivity index (χ2v) is 24.9. The van der Waals surface area contributed by atoms with Crippen LogP contribution in [0.5, 0.6) is 0 Å². The van der Waals surface area contributed by atoms with E-state index in [0.29, 0.717) is 7.25 Å². The van der Waals surface area contributed by atoms with Gasteiger partial charge in [0.15, 0.2) is 0 Å². The summed E-state index contributed by atoms with van der Waals surface area (Å²) in [6.07, 6.45) is 5.20. The number of aryl methyl sites for hydroxylation is 6. The molecule has 0 aromatic heterocycles. The van der Waals surface area contributed by atoms with Gasteiger partial charge in [0.25, 0.3) is 0 Å². The van der Waals surface area contributed by atoms with Crippen LogP contribution in [-0.2, 0) is 20.3 Å². The molecule has 1 heterocycles. The fourth-order valence-corrected chi connectivity index (χ4v) is 26.9. The van der Waals surface area contributed by atoms with Crippen molar-refractivity contribution in [3.8, 4) is 22.3 Å². The molecule has 0 bridgehead atoms. The summed E-state index contributed by atoms with van der Waals surface area (Å²) in [5, 5.41) is 0. The minimum atomic E-state index is -2.72. The summed E-state index contributed by atoms with van der Waals surface area (Å²) >= 11 is -2.72. The maximum absolute atomic E-state index is 2.72. The Hall–Kier alpha value is -2.18. The van der Waals surface area contributed by atoms with Crippen LogP contribution in [0.2, 0.25) is 8.26 Å². The van der Waals surface area contributed by atoms with Crippen molar-refractivity contribution >= 4 is 12.2 Å². The molecule has 3 aliphatic rings. The van der Waals surface area contributed by atoms with Crippen molar-refractivity contribution in [3.05, 3.63) is 127 Å². The second-order valence-electron chi connectivity index (χ2n) is 13.5. The average Bonchev–Trinajstić information content (AvgIpc) is 3.50. The molecule has 0 amide bonds. The SMILES string of the molecule is CC1=Cc2c(-c3ccc(C)cc3)c(C)cc(C)c2[CH]1[Zr+2]1([CH]2C(C)=Cc3c(-c4ccc(C)cc4)c(C)cc(C)c32)[CH2][CH2]1.[Cl-].[Cl-]. The minimum Gasteiger partial charge on any atom is -1.00 e. The Bertz CT molecular complexity index is 1670. The first kappa shape index (κ1) is 32.2. The second kappa shape index (κ2) is 11.6. The summed E-state index contributed by atoms with van der Waals surface area (Å²) in [6.45, 7) is 18.7. The summed E-state index contributed by atoms with van der Waals surface area (Å²) in [7, 11) is 0. The van der Waals surface area contributed by atoms with Crippen LogP contribution in [-0.4, -0.2) is 0 Å². The van der Waals surface area contributed by atoms with Crippen molar-refractivity contribution in [3.63, 3.8) is 0 Å². The fourth-order valence-electron chi connectivity index (χ4n) is 8.79. The van der Waals surface area contributed by atoms with Crippen molar-refractivity contribution in [1.82, 2.24) is 0 Å². The van der Waals surface area contributed by atoms with Gasteiger partial charge in [-0.1, -0.05) is 0 Å². The van der Waals surface area contributed by atoms with Crippen LogP contribution < -0.4 is 24.8 Å². The Labute approximate surface area is 275 Å². The molecule has 1 aliphatic heterocycles. The number of rotatable bonds is 4. The topological polar surface area (TPSA) is 0 Å². The first-order valence-electron chi connectivity index (χ1n) is 15.4. The van der Waals surface area contributed by atoms with Crippen LogP contribution in [0.25, 0.3) is 34.4 Å². The Morgan fingerprint density at radius 2 is 0.837 bits per heavy atom. The van der Waals surface area contributed by atoms with Crippen LogP contribution in [0, 0.1) is 41.5 Å². The zero-order valence-electron chi connectivity index (χ0n) is 26.8. The average molecular weight is 685 g/mol. The summed E-state index contributed by atoms with van der Waals surface area (Å²) in [6, 6.07) is 23.4. The van der Waals surface area contributed by atoms with E-state index in [9.17, 15) is 0 Å². The van der Waals surface area contributed by atoms with Gasteiger partial charge in [-0.25, -0.2) is 0 Å². The van der Waals surface area contributed by atoms with Crippen molar-refractivity contribution in [1.29, 1.82) is 0 Å². The molecule has 1 fully saturated rings. The Morgan fingerprint density at radius 3 is 1.16 bits per heavy atom. The summed E-state index contributed by atoms with van der Waals surface area (Å²) < 4.78 is 4.35. The molecule has 0 nitrogen and oxygen atoms in total. The van der Waals surface area contributed by atoms with E-state index in [1.807, 2.05) is 0 Å². The van der Waals surface area contributed by atoms with Gasteiger partial charge in [-0.3, -0.25) is 0 Å². The molecule has 1 saturated heterocycles. The molecule has 4 aromatic rings. The molecule has 3 heteroatoms. The van der Waals surface area contributed by atoms with Gasteiger partial charge in [-0.2, -0.15) is 0 Å². The van der Waals surface area contributed by atoms with Crippen molar-refractivity contribution < 1.29 is 45.1 Å². The van der Waals surface area contributed by atoms with Gasteiger partial charge in [-0.15, -0.1) is 0 Å². The van der Waals surface area contributed by atoms with E-state index in [2.05, 4.69) is 128 Å². The number of halogens is 2. The normalized spacial score (nSPS) is 18.3. The predicted molar refractivity (Wildman–Crippen MR) is 175 cm³/mol. The van der Waals surface area contributed by atoms with Crippen LogP contribution in [0.4, 0.5) is 0 Å². The zero-order valence-corrected chi connectivity index (χ0v) is 30.7. The smallest absolute Gasteiger partial charge is 1.00 e. The zero-order chi connectivity index (χ0) is 28.8. The maximum Gasteiger partial charge on any atom is -1.00 e. The van der Waals surface area contributed by atoms with E-state index in [4.69, 9.17) is 0 Å². The van der Waals surface area contributed by atoms with Crippen LogP contribution in [0.1, 0.15) is 76.7 Å². The van der Waals surface area contributed by atoms with E-state index >= 15 is 0 Å². The third kappa shape index (κ3) is 4.99. The predicted octanol–water partition coefficient (Wildman–Crippen LogP) is 5.50. The van der Waals surface area contributed by atoms with Crippen LogP contribution >= 0.6 is 0 Å². The number of hydrogen-bond acceptors (Lipinski definition) is 0. The molecule has 0 spiro atoms. The molecule has 0 saturated carbocycles. The summed E-state index contributed by atoms with van der Waals surface area (Å²) in [5.74, 6) is 0. The van der Waals surface area contributed by atoms with Gasteiger partial charge in [0.2, 0.25) is 0 Å². The Balaban J connectivity index is 0.00000184. The number of allylic oxidation sites excluding steroid dienone is 2. The standard InChI is InChI=1S/2C19H19.C2H4.2ClH.Zr/c2*1-12-5-7-16(8-6-12)19-15(4)11-14(3)17-9-13(2)10-18(17)19;1-2;;;/h2*5-11H,1-4H3;1-2H2;2*1H;/q;;;;;+2/p-2. The number of hydrogen-bond donors (Lipinski definition) is 0. The van der Waals surface area contributed by atoms with Crippen molar-refractivity contribution in [2.45, 2.75) is 70.9 Å². The minimum absolute atomic E-state index is 0. The van der Waals surface area contributed by atoms with Gasteiger partial charge in [0.05, 0.1) is 0 Å². The van der Waals surface area contributed by atoms with Crippen molar-refractivity contribution in [2.24, 2.45) is 0 Å². The largest absolute Gasteiger partial charge is 1.00 e. The molecular formula is C40H42Cl2Zr. The molecule has 7 rings (SSSR count). The van der Waals surface area contributed by atoms with Gasteiger partial charge in [0, 0.05) is 0 Å². The quantitative estimate of drug-likeness (QED) is 0.267. The molecule has 4 aromatic carbocycles. The van der Waals surface area contributed by atoms with Gasteiger partial charge in [0.1, 0.15) is 0 Å². The Kier molecular flexibility index (Phi) is 8.72. The molecule has 0 N–H and O–H groups in total. The third-order valence-corrected chi connectivity index (χ3v) is 23.9. The van der Waals surface area contributed by atoms with Gasteiger partial charge >= 0.3 is 253 Å². The molecule has 2 aliphatic carbocycles. The fraction of sp³-hybridized carbons (Fsp3) is 0.300. The molecule has 43 heavy (non-hydrogen) atoms. The van der Waals surface area contributed by atoms with E-state index in [1.165, 1.54) is 75.0 Å². The van der Waals surface area contributed by atoms with Crippen LogP contribution in [0.15, 0.2) is 71.8 Å². The van der Waals surface area contributed by atoms with E-state index < -0.39 is 20.3 Å². The summed E-state index contributed by atoms with van der Waals surface area (Å²) in [5.41, 5.74) is 23.8. The van der Waals surface area contributed by atoms with Crippen molar-refractivity contribution in [2.75, 3.05) is 0 Å². The summed E-state index contributed by atoms with van der Waals surface area (Å²) in [4.78, 5) is 0. The number of fused-ring (bicyclic) bond motifs is 2. The molecule has 220 valence electrons. The molecular weight excluding hydrogens is 643 g/mol. The molecule has 0 radical (unpaired) electrons. The van der Waals surface area contributed by atoms with Gasteiger partial charge < -0.3 is 24.8 Å². The monoisotopic (exact) mass is 682 g/mol. The molecule has 2 unspecified atom stereocenters. The first-order chi connectivity index (χ1) is 19.6. The first-order valence-corrected chi connectivity index (χ1v) is 21.7. The van der Waals surface area contributed by atoms with E-state index in [0.717, 1.165) is 0 Å². The van der Waals surface area contributed by atoms with Crippen LogP contribution in [0.3, 0.4) is 0 Å². The van der Waals surface area contributed by atoms with E-state index in [-0.39, 0.29) is 24.8 Å².